The predicted octanol–water partition coefficient (Wildman–Crippen LogP) is -2.12. The van der Waals surface area contributed by atoms with E-state index in [2.05, 4.69) is 26.0 Å². The van der Waals surface area contributed by atoms with Crippen LogP contribution in [0, 0.1) is 0 Å². The molecule has 2 aromatic heterocycles. The number of carbonyl (C=O) groups excluding carboxylic acids is 1. The number of fused-ring (bicyclic) bond motifs is 1. The van der Waals surface area contributed by atoms with Gasteiger partial charge in [0.2, 0.25) is 0 Å². The third-order valence-electron chi connectivity index (χ3n) is 2.05. The largest absolute Gasteiger partial charge is 1.00 e. The Labute approximate surface area is 122 Å². The summed E-state index contributed by atoms with van der Waals surface area (Å²) in [6.45, 7) is 0. The normalized spacial score (nSPS) is 10.2. The van der Waals surface area contributed by atoms with Gasteiger partial charge in [-0.3, -0.25) is 9.67 Å². The van der Waals surface area contributed by atoms with E-state index in [-0.39, 0.29) is 24.6 Å². The Kier molecular flexibility index (Phi) is 5.07. The molecule has 0 spiro atoms. The summed E-state index contributed by atoms with van der Waals surface area (Å²) in [5, 5.41) is 15.7. The van der Waals surface area contributed by atoms with Crippen molar-refractivity contribution in [2.45, 2.75) is 5.88 Å². The van der Waals surface area contributed by atoms with Crippen LogP contribution in [-0.4, -0.2) is 27.0 Å². The number of halogens is 1. The van der Waals surface area contributed by atoms with Crippen LogP contribution in [0.15, 0.2) is 16.9 Å². The van der Waals surface area contributed by atoms with E-state index >= 15 is 0 Å². The molecular formula is C9H7BrLiN3O2S. The number of hydrogen-bond acceptors (Lipinski definition) is 5. The summed E-state index contributed by atoms with van der Waals surface area (Å²) in [6.07, 6.45) is 3.43. The molecule has 0 amide bonds. The van der Waals surface area contributed by atoms with Crippen molar-refractivity contribution in [1.82, 2.24) is 14.8 Å². The Morgan fingerprint density at radius 1 is 1.65 bits per heavy atom. The van der Waals surface area contributed by atoms with Gasteiger partial charge in [-0.05, 0) is 28.3 Å². The quantitative estimate of drug-likeness (QED) is 0.607. The number of aromatic carboxylic acids is 1. The number of pyridine rings is 1. The van der Waals surface area contributed by atoms with E-state index in [1.54, 1.807) is 16.4 Å². The molecule has 84 valence electrons. The van der Waals surface area contributed by atoms with E-state index in [0.29, 0.717) is 10.5 Å². The first kappa shape index (κ1) is 14.6. The van der Waals surface area contributed by atoms with E-state index in [1.807, 2.05) is 6.26 Å². The average molecular weight is 308 g/mol. The molecule has 0 atom stereocenters. The van der Waals surface area contributed by atoms with Gasteiger partial charge in [0.25, 0.3) is 0 Å². The van der Waals surface area contributed by atoms with Gasteiger partial charge in [-0.15, -0.1) is 11.8 Å². The third-order valence-corrected chi connectivity index (χ3v) is 3.14. The fourth-order valence-corrected chi connectivity index (χ4v) is 2.30. The summed E-state index contributed by atoms with van der Waals surface area (Å²) in [7, 11) is 0. The molecular weight excluding hydrogens is 301 g/mol. The van der Waals surface area contributed by atoms with Crippen LogP contribution in [0.2, 0.25) is 0 Å². The van der Waals surface area contributed by atoms with Gasteiger partial charge in [0, 0.05) is 6.20 Å². The van der Waals surface area contributed by atoms with Gasteiger partial charge in [-0.25, -0.2) is 0 Å². The second kappa shape index (κ2) is 5.91. The summed E-state index contributed by atoms with van der Waals surface area (Å²) < 4.78 is 2.38. The Morgan fingerprint density at radius 3 is 2.94 bits per heavy atom. The standard InChI is InChI=1S/C9H8BrN3O2S.Li/c1-16-4-13-7-2-6(9(14)15)11-3-5(7)8(10)12-13;/h2-3H,4H2,1H3,(H,14,15);/q;+1/p-1. The van der Waals surface area contributed by atoms with Crippen LogP contribution in [0.25, 0.3) is 10.9 Å². The zero-order chi connectivity index (χ0) is 11.7. The molecule has 0 bridgehead atoms. The van der Waals surface area contributed by atoms with Crippen LogP contribution in [0.1, 0.15) is 10.5 Å². The number of nitrogens with zero attached hydrogens (tertiary/aromatic N) is 3. The molecule has 0 aliphatic carbocycles. The van der Waals surface area contributed by atoms with Crippen molar-refractivity contribution in [3.05, 3.63) is 22.6 Å². The summed E-state index contributed by atoms with van der Waals surface area (Å²) in [5.74, 6) is -0.631. The van der Waals surface area contributed by atoms with Crippen molar-refractivity contribution in [2.75, 3.05) is 6.26 Å². The molecule has 8 heteroatoms. The molecule has 2 heterocycles. The van der Waals surface area contributed by atoms with Crippen LogP contribution < -0.4 is 24.0 Å². The van der Waals surface area contributed by atoms with Crippen molar-refractivity contribution >= 4 is 44.6 Å². The molecule has 0 radical (unpaired) electrons. The molecule has 0 aromatic carbocycles. The Bertz CT molecular complexity index is 560. The monoisotopic (exact) mass is 307 g/mol. The maximum Gasteiger partial charge on any atom is 1.00 e. The minimum atomic E-state index is -1.28. The molecule has 0 saturated carbocycles. The second-order valence-electron chi connectivity index (χ2n) is 3.08. The summed E-state index contributed by atoms with van der Waals surface area (Å²) in [4.78, 5) is 14.5. The maximum absolute atomic E-state index is 10.7. The molecule has 2 rings (SSSR count). The van der Waals surface area contributed by atoms with Crippen LogP contribution in [0.4, 0.5) is 0 Å². The molecule has 2 aromatic rings. The summed E-state index contributed by atoms with van der Waals surface area (Å²) >= 11 is 4.90. The Morgan fingerprint density at radius 2 is 2.35 bits per heavy atom. The molecule has 0 saturated heterocycles. The van der Waals surface area contributed by atoms with E-state index in [1.165, 1.54) is 12.3 Å². The number of carboxylic acid groups (broad SMARTS) is 1. The molecule has 0 fully saturated rings. The van der Waals surface area contributed by atoms with Gasteiger partial charge >= 0.3 is 18.9 Å². The first-order valence-corrected chi connectivity index (χ1v) is 6.54. The number of hydrogen-bond donors (Lipinski definition) is 0. The molecule has 0 aliphatic rings. The predicted molar refractivity (Wildman–Crippen MR) is 63.1 cm³/mol. The van der Waals surface area contributed by atoms with Crippen LogP contribution in [0.5, 0.6) is 0 Å². The van der Waals surface area contributed by atoms with Crippen LogP contribution in [-0.2, 0) is 5.88 Å². The van der Waals surface area contributed by atoms with E-state index < -0.39 is 5.97 Å². The van der Waals surface area contributed by atoms with Gasteiger partial charge in [-0.2, -0.15) is 5.10 Å². The third kappa shape index (κ3) is 2.85. The summed E-state index contributed by atoms with van der Waals surface area (Å²) in [6, 6.07) is 1.47. The van der Waals surface area contributed by atoms with Crippen LogP contribution >= 0.6 is 27.7 Å². The van der Waals surface area contributed by atoms with Crippen molar-refractivity contribution in [3.63, 3.8) is 0 Å². The molecule has 0 N–H and O–H groups in total. The van der Waals surface area contributed by atoms with E-state index in [4.69, 9.17) is 0 Å². The Balaban J connectivity index is 0.00000144. The zero-order valence-corrected chi connectivity index (χ0v) is 11.7. The van der Waals surface area contributed by atoms with Crippen molar-refractivity contribution in [3.8, 4) is 0 Å². The van der Waals surface area contributed by atoms with Gasteiger partial charge in [0.1, 0.15) is 4.60 Å². The van der Waals surface area contributed by atoms with Gasteiger partial charge in [-0.1, -0.05) is 0 Å². The average Bonchev–Trinajstić information content (AvgIpc) is 2.56. The van der Waals surface area contributed by atoms with Gasteiger partial charge < -0.3 is 9.90 Å². The minimum Gasteiger partial charge on any atom is -0.543 e. The first-order valence-electron chi connectivity index (χ1n) is 4.36. The van der Waals surface area contributed by atoms with Crippen LogP contribution in [0.3, 0.4) is 0 Å². The van der Waals surface area contributed by atoms with Gasteiger partial charge in [0.15, 0.2) is 0 Å². The Hall–Kier alpha value is -0.483. The fourth-order valence-electron chi connectivity index (χ4n) is 1.36. The summed E-state index contributed by atoms with van der Waals surface area (Å²) in [5.41, 5.74) is 0.651. The molecule has 17 heavy (non-hydrogen) atoms. The maximum atomic E-state index is 10.7. The first-order chi connectivity index (χ1) is 7.63. The smallest absolute Gasteiger partial charge is 0.543 e. The fraction of sp³-hybridized carbons (Fsp3) is 0.222. The van der Waals surface area contributed by atoms with Gasteiger partial charge in [0.05, 0.1) is 28.4 Å². The second-order valence-corrected chi connectivity index (χ2v) is 4.67. The molecule has 0 aliphatic heterocycles. The number of aromatic nitrogens is 3. The van der Waals surface area contributed by atoms with E-state index in [0.717, 1.165) is 10.9 Å². The van der Waals surface area contributed by atoms with Crippen molar-refractivity contribution in [1.29, 1.82) is 0 Å². The number of rotatable bonds is 3. The van der Waals surface area contributed by atoms with Crippen molar-refractivity contribution < 1.29 is 28.8 Å². The number of carboxylic acids is 1. The number of carbonyl (C=O) groups is 1. The van der Waals surface area contributed by atoms with Crippen molar-refractivity contribution in [2.24, 2.45) is 0 Å². The number of thioether (sulfide) groups is 1. The topological polar surface area (TPSA) is 70.8 Å². The SMILES string of the molecule is CSCn1nc(Br)c2cnc(C(=O)[O-])cc21.[Li+]. The minimum absolute atomic E-state index is 0. The van der Waals surface area contributed by atoms with E-state index in [9.17, 15) is 9.90 Å². The molecule has 5 nitrogen and oxygen atoms in total. The zero-order valence-electron chi connectivity index (χ0n) is 9.31. The molecule has 0 unspecified atom stereocenters.